The van der Waals surface area contributed by atoms with E-state index >= 15 is 0 Å². The Balaban J connectivity index is 1.96. The zero-order chi connectivity index (χ0) is 10.7. The molecule has 1 aliphatic rings. The number of benzene rings is 1. The van der Waals surface area contributed by atoms with Crippen LogP contribution in [0.5, 0.6) is 0 Å². The van der Waals surface area contributed by atoms with Gasteiger partial charge in [-0.2, -0.15) is 0 Å². The number of thioether (sulfide) groups is 1. The molecule has 2 N–H and O–H groups in total. The lowest BCUT2D eigenvalue weighted by atomic mass is 10.0. The molecule has 1 unspecified atom stereocenters. The molecule has 0 aliphatic carbocycles. The van der Waals surface area contributed by atoms with Gasteiger partial charge in [-0.1, -0.05) is 19.1 Å². The monoisotopic (exact) mass is 223 g/mol. The molecule has 3 heteroatoms. The average molecular weight is 223 g/mol. The third-order valence-corrected chi connectivity index (χ3v) is 3.86. The van der Waals surface area contributed by atoms with Crippen molar-refractivity contribution in [3.8, 4) is 0 Å². The number of ether oxygens (including phenoxy) is 1. The average Bonchev–Trinajstić information content (AvgIpc) is 2.23. The largest absolute Gasteiger partial charge is 0.379 e. The van der Waals surface area contributed by atoms with Gasteiger partial charge >= 0.3 is 0 Å². The van der Waals surface area contributed by atoms with Crippen LogP contribution in [-0.2, 0) is 4.74 Å². The zero-order valence-electron chi connectivity index (χ0n) is 8.98. The van der Waals surface area contributed by atoms with Crippen LogP contribution < -0.4 is 5.73 Å². The van der Waals surface area contributed by atoms with Crippen molar-refractivity contribution in [3.05, 3.63) is 29.8 Å². The van der Waals surface area contributed by atoms with Gasteiger partial charge in [0.2, 0.25) is 0 Å². The Morgan fingerprint density at radius 1 is 1.40 bits per heavy atom. The zero-order valence-corrected chi connectivity index (χ0v) is 9.80. The van der Waals surface area contributed by atoms with Gasteiger partial charge in [-0.05, 0) is 30.2 Å². The standard InChI is InChI=1S/C12H17NOS/c1-9(6-13)10-2-4-11(5-3-10)15-12-7-14-8-12/h2-5,9,12H,6-8,13H2,1H3. The van der Waals surface area contributed by atoms with E-state index < -0.39 is 0 Å². The molecule has 2 nitrogen and oxygen atoms in total. The van der Waals surface area contributed by atoms with Gasteiger partial charge < -0.3 is 10.5 Å². The molecule has 1 saturated heterocycles. The Morgan fingerprint density at radius 2 is 2.07 bits per heavy atom. The van der Waals surface area contributed by atoms with Crippen LogP contribution in [0.4, 0.5) is 0 Å². The first-order valence-corrected chi connectivity index (χ1v) is 6.22. The molecule has 82 valence electrons. The van der Waals surface area contributed by atoms with Crippen LogP contribution in [0.1, 0.15) is 18.4 Å². The van der Waals surface area contributed by atoms with E-state index in [1.54, 1.807) is 0 Å². The topological polar surface area (TPSA) is 35.2 Å². The summed E-state index contributed by atoms with van der Waals surface area (Å²) in [4.78, 5) is 1.33. The SMILES string of the molecule is CC(CN)c1ccc(SC2COC2)cc1. The van der Waals surface area contributed by atoms with Crippen LogP contribution in [0.25, 0.3) is 0 Å². The first-order chi connectivity index (χ1) is 7.29. The minimum absolute atomic E-state index is 0.455. The smallest absolute Gasteiger partial charge is 0.0611 e. The molecule has 1 heterocycles. The van der Waals surface area contributed by atoms with Crippen molar-refractivity contribution >= 4 is 11.8 Å². The van der Waals surface area contributed by atoms with Gasteiger partial charge in [0.05, 0.1) is 18.5 Å². The van der Waals surface area contributed by atoms with Crippen molar-refractivity contribution < 1.29 is 4.74 Å². The molecule has 1 aliphatic heterocycles. The Morgan fingerprint density at radius 3 is 2.53 bits per heavy atom. The molecule has 0 amide bonds. The first-order valence-electron chi connectivity index (χ1n) is 5.34. The van der Waals surface area contributed by atoms with E-state index in [1.165, 1.54) is 10.5 Å². The van der Waals surface area contributed by atoms with Gasteiger partial charge in [-0.15, -0.1) is 11.8 Å². The highest BCUT2D eigenvalue weighted by molar-refractivity contribution is 8.00. The van der Waals surface area contributed by atoms with E-state index in [1.807, 2.05) is 11.8 Å². The summed E-state index contributed by atoms with van der Waals surface area (Å²) in [5.74, 6) is 0.455. The molecule has 1 fully saturated rings. The molecule has 0 spiro atoms. The number of nitrogens with two attached hydrogens (primary N) is 1. The second-order valence-electron chi connectivity index (χ2n) is 3.98. The number of hydrogen-bond donors (Lipinski definition) is 1. The van der Waals surface area contributed by atoms with Crippen molar-refractivity contribution in [2.45, 2.75) is 23.0 Å². The first kappa shape index (κ1) is 11.0. The van der Waals surface area contributed by atoms with E-state index in [0.717, 1.165) is 13.2 Å². The lowest BCUT2D eigenvalue weighted by Crippen LogP contribution is -2.29. The van der Waals surface area contributed by atoms with E-state index in [0.29, 0.717) is 17.7 Å². The highest BCUT2D eigenvalue weighted by Gasteiger charge is 2.19. The molecule has 15 heavy (non-hydrogen) atoms. The summed E-state index contributed by atoms with van der Waals surface area (Å²) < 4.78 is 5.15. The van der Waals surface area contributed by atoms with Gasteiger partial charge in [-0.25, -0.2) is 0 Å². The third-order valence-electron chi connectivity index (χ3n) is 2.71. The predicted octanol–water partition coefficient (Wildman–Crippen LogP) is 2.24. The summed E-state index contributed by atoms with van der Waals surface area (Å²) in [5.41, 5.74) is 6.96. The van der Waals surface area contributed by atoms with Crippen LogP contribution in [0.2, 0.25) is 0 Å². The Labute approximate surface area is 95.2 Å². The maximum absolute atomic E-state index is 5.63. The van der Waals surface area contributed by atoms with Crippen molar-refractivity contribution in [3.63, 3.8) is 0 Å². The van der Waals surface area contributed by atoms with Crippen molar-refractivity contribution in [2.24, 2.45) is 5.73 Å². The van der Waals surface area contributed by atoms with Crippen LogP contribution in [0.3, 0.4) is 0 Å². The normalized spacial score (nSPS) is 18.5. The fraction of sp³-hybridized carbons (Fsp3) is 0.500. The summed E-state index contributed by atoms with van der Waals surface area (Å²) in [7, 11) is 0. The van der Waals surface area contributed by atoms with E-state index in [2.05, 4.69) is 31.2 Å². The Bertz CT molecular complexity index is 308. The highest BCUT2D eigenvalue weighted by Crippen LogP contribution is 2.28. The summed E-state index contributed by atoms with van der Waals surface area (Å²) in [6, 6.07) is 8.73. The molecule has 2 rings (SSSR count). The van der Waals surface area contributed by atoms with Crippen LogP contribution in [-0.4, -0.2) is 25.0 Å². The molecule has 0 aromatic heterocycles. The van der Waals surface area contributed by atoms with Gasteiger partial charge in [0, 0.05) is 4.90 Å². The molecule has 0 radical (unpaired) electrons. The Hall–Kier alpha value is -0.510. The quantitative estimate of drug-likeness (QED) is 0.850. The minimum Gasteiger partial charge on any atom is -0.379 e. The van der Waals surface area contributed by atoms with Crippen LogP contribution in [0, 0.1) is 0 Å². The lowest BCUT2D eigenvalue weighted by molar-refractivity contribution is 0.0455. The van der Waals surface area contributed by atoms with Crippen molar-refractivity contribution in [1.29, 1.82) is 0 Å². The highest BCUT2D eigenvalue weighted by atomic mass is 32.2. The molecule has 1 atom stereocenters. The molecule has 0 saturated carbocycles. The summed E-state index contributed by atoms with van der Waals surface area (Å²) >= 11 is 1.90. The molecule has 1 aromatic rings. The molecule has 0 bridgehead atoms. The second-order valence-corrected chi connectivity index (χ2v) is 5.36. The predicted molar refractivity (Wildman–Crippen MR) is 64.4 cm³/mol. The molecule has 1 aromatic carbocycles. The van der Waals surface area contributed by atoms with Gasteiger partial charge in [0.15, 0.2) is 0 Å². The summed E-state index contributed by atoms with van der Waals surface area (Å²) in [6.45, 7) is 4.65. The van der Waals surface area contributed by atoms with Crippen LogP contribution >= 0.6 is 11.8 Å². The minimum atomic E-state index is 0.455. The van der Waals surface area contributed by atoms with E-state index in [9.17, 15) is 0 Å². The number of hydrogen-bond acceptors (Lipinski definition) is 3. The van der Waals surface area contributed by atoms with Gasteiger partial charge in [-0.3, -0.25) is 0 Å². The van der Waals surface area contributed by atoms with Gasteiger partial charge in [0.25, 0.3) is 0 Å². The number of rotatable bonds is 4. The van der Waals surface area contributed by atoms with E-state index in [4.69, 9.17) is 10.5 Å². The summed E-state index contributed by atoms with van der Waals surface area (Å²) in [6.07, 6.45) is 0. The molecular weight excluding hydrogens is 206 g/mol. The van der Waals surface area contributed by atoms with Crippen molar-refractivity contribution in [2.75, 3.05) is 19.8 Å². The maximum atomic E-state index is 5.63. The maximum Gasteiger partial charge on any atom is 0.0611 e. The third kappa shape index (κ3) is 2.74. The fourth-order valence-electron chi connectivity index (χ4n) is 1.49. The van der Waals surface area contributed by atoms with Gasteiger partial charge in [0.1, 0.15) is 0 Å². The Kier molecular flexibility index (Phi) is 3.67. The second kappa shape index (κ2) is 5.01. The van der Waals surface area contributed by atoms with E-state index in [-0.39, 0.29) is 0 Å². The van der Waals surface area contributed by atoms with Crippen molar-refractivity contribution in [1.82, 2.24) is 0 Å². The fourth-order valence-corrected chi connectivity index (χ4v) is 2.49. The summed E-state index contributed by atoms with van der Waals surface area (Å²) in [5, 5.41) is 0.655. The lowest BCUT2D eigenvalue weighted by Gasteiger charge is -2.25. The molecular formula is C12H17NOS. The van der Waals surface area contributed by atoms with Crippen LogP contribution in [0.15, 0.2) is 29.2 Å².